The molecule has 8 heteroatoms. The molecule has 0 spiro atoms. The molecule has 0 saturated heterocycles. The molecule has 8 nitrogen and oxygen atoms in total. The van der Waals surface area contributed by atoms with E-state index in [-0.39, 0.29) is 29.0 Å². The van der Waals surface area contributed by atoms with Gasteiger partial charge in [0, 0.05) is 13.1 Å². The van der Waals surface area contributed by atoms with E-state index in [2.05, 4.69) is 10.4 Å². The van der Waals surface area contributed by atoms with Crippen molar-refractivity contribution in [2.24, 2.45) is 7.05 Å². The first kappa shape index (κ1) is 20.1. The molecule has 0 radical (unpaired) electrons. The first-order valence-corrected chi connectivity index (χ1v) is 9.73. The topological polar surface area (TPSA) is 90.9 Å². The molecule has 1 amide bonds. The average Bonchev–Trinajstić information content (AvgIpc) is 2.99. The number of carbonyl (C=O) groups is 1. The molecule has 2 heterocycles. The zero-order chi connectivity index (χ0) is 22.0. The van der Waals surface area contributed by atoms with Crippen LogP contribution < -0.4 is 16.4 Å². The van der Waals surface area contributed by atoms with E-state index in [0.29, 0.717) is 11.4 Å². The zero-order valence-electron chi connectivity index (χ0n) is 17.1. The van der Waals surface area contributed by atoms with Gasteiger partial charge in [0.05, 0.1) is 17.9 Å². The Labute approximate surface area is 178 Å². The third-order valence-electron chi connectivity index (χ3n) is 5.07. The summed E-state index contributed by atoms with van der Waals surface area (Å²) in [6, 6.07) is 21.2. The van der Waals surface area contributed by atoms with Crippen LogP contribution in [0.5, 0.6) is 0 Å². The van der Waals surface area contributed by atoms with Crippen LogP contribution in [0, 0.1) is 6.92 Å². The summed E-state index contributed by atoms with van der Waals surface area (Å²) in [7, 11) is 1.75. The molecule has 4 aromatic rings. The number of hydrogen-bond donors (Lipinski definition) is 1. The molecule has 31 heavy (non-hydrogen) atoms. The fourth-order valence-corrected chi connectivity index (χ4v) is 3.33. The van der Waals surface area contributed by atoms with Gasteiger partial charge in [-0.25, -0.2) is 9.36 Å². The van der Waals surface area contributed by atoms with E-state index >= 15 is 0 Å². The maximum Gasteiger partial charge on any atom is 0.295 e. The van der Waals surface area contributed by atoms with Gasteiger partial charge in [0.2, 0.25) is 0 Å². The summed E-state index contributed by atoms with van der Waals surface area (Å²) in [6.45, 7) is 1.99. The van der Waals surface area contributed by atoms with Crippen molar-refractivity contribution in [2.75, 3.05) is 5.32 Å². The number of nitrogens with one attached hydrogen (secondary N) is 1. The SMILES string of the molecule is Cc1c(NC(=O)c2ccc(=O)n(Cc3ccccc3)n2)c(=O)n(-c2ccccc2)n1C. The molecule has 4 rings (SSSR count). The van der Waals surface area contributed by atoms with E-state index in [1.807, 2.05) is 60.7 Å². The fourth-order valence-electron chi connectivity index (χ4n) is 3.33. The Hall–Kier alpha value is -4.20. The smallest absolute Gasteiger partial charge is 0.295 e. The Morgan fingerprint density at radius 1 is 0.935 bits per heavy atom. The van der Waals surface area contributed by atoms with Gasteiger partial charge in [0.15, 0.2) is 0 Å². The molecule has 2 aromatic heterocycles. The number of nitrogens with zero attached hydrogens (tertiary/aromatic N) is 4. The lowest BCUT2D eigenvalue weighted by atomic mass is 10.2. The maximum absolute atomic E-state index is 13.0. The molecule has 1 N–H and O–H groups in total. The van der Waals surface area contributed by atoms with Gasteiger partial charge in [-0.2, -0.15) is 5.10 Å². The minimum atomic E-state index is -0.562. The van der Waals surface area contributed by atoms with Crippen molar-refractivity contribution >= 4 is 11.6 Å². The lowest BCUT2D eigenvalue weighted by Gasteiger charge is -2.08. The lowest BCUT2D eigenvalue weighted by molar-refractivity contribution is 0.101. The van der Waals surface area contributed by atoms with Crippen LogP contribution in [0.3, 0.4) is 0 Å². The molecular formula is C23H21N5O3. The lowest BCUT2D eigenvalue weighted by Crippen LogP contribution is -2.28. The first-order chi connectivity index (χ1) is 15.0. The van der Waals surface area contributed by atoms with E-state index in [4.69, 9.17) is 0 Å². The Morgan fingerprint density at radius 3 is 2.26 bits per heavy atom. The quantitative estimate of drug-likeness (QED) is 0.542. The number of aromatic nitrogens is 4. The average molecular weight is 415 g/mol. The summed E-state index contributed by atoms with van der Waals surface area (Å²) < 4.78 is 4.39. The van der Waals surface area contributed by atoms with Crippen LogP contribution in [0.15, 0.2) is 82.4 Å². The number of hydrogen-bond acceptors (Lipinski definition) is 4. The number of benzene rings is 2. The largest absolute Gasteiger partial charge is 0.314 e. The Bertz CT molecular complexity index is 1350. The first-order valence-electron chi connectivity index (χ1n) is 9.73. The normalized spacial score (nSPS) is 10.8. The third kappa shape index (κ3) is 3.95. The van der Waals surface area contributed by atoms with Gasteiger partial charge in [0.1, 0.15) is 11.4 Å². The van der Waals surface area contributed by atoms with Gasteiger partial charge in [-0.05, 0) is 30.7 Å². The molecule has 0 aliphatic heterocycles. The predicted octanol–water partition coefficient (Wildman–Crippen LogP) is 2.34. The number of amides is 1. The van der Waals surface area contributed by atoms with Crippen LogP contribution in [-0.2, 0) is 13.6 Å². The molecule has 0 saturated carbocycles. The summed E-state index contributed by atoms with van der Waals surface area (Å²) in [5.41, 5.74) is 1.72. The summed E-state index contributed by atoms with van der Waals surface area (Å²) in [5.74, 6) is -0.562. The van der Waals surface area contributed by atoms with Crippen LogP contribution in [0.2, 0.25) is 0 Å². The number of anilines is 1. The Kier molecular flexibility index (Phi) is 5.36. The van der Waals surface area contributed by atoms with Crippen molar-refractivity contribution in [1.82, 2.24) is 19.1 Å². The highest BCUT2D eigenvalue weighted by molar-refractivity contribution is 6.02. The maximum atomic E-state index is 13.0. The van der Waals surface area contributed by atoms with Gasteiger partial charge in [-0.15, -0.1) is 0 Å². The third-order valence-corrected chi connectivity index (χ3v) is 5.07. The van der Waals surface area contributed by atoms with E-state index < -0.39 is 5.91 Å². The zero-order valence-corrected chi connectivity index (χ0v) is 17.1. The molecule has 2 aromatic carbocycles. The summed E-state index contributed by atoms with van der Waals surface area (Å²) >= 11 is 0. The molecule has 0 aliphatic rings. The highest BCUT2D eigenvalue weighted by atomic mass is 16.2. The minimum Gasteiger partial charge on any atom is -0.314 e. The van der Waals surface area contributed by atoms with E-state index in [9.17, 15) is 14.4 Å². The fraction of sp³-hybridized carbons (Fsp3) is 0.130. The molecule has 0 bridgehead atoms. The molecule has 0 aliphatic carbocycles. The molecule has 156 valence electrons. The molecule has 0 unspecified atom stereocenters. The summed E-state index contributed by atoms with van der Waals surface area (Å²) in [4.78, 5) is 38.0. The van der Waals surface area contributed by atoms with Gasteiger partial charge in [-0.1, -0.05) is 48.5 Å². The standard InChI is InChI=1S/C23H21N5O3/c1-16-21(23(31)28(26(16)2)18-11-7-4-8-12-18)24-22(30)19-13-14-20(29)27(25-19)15-17-9-5-3-6-10-17/h3-14H,15H2,1-2H3,(H,24,30). The number of carbonyl (C=O) groups excluding carboxylic acids is 1. The molecule has 0 atom stereocenters. The van der Waals surface area contributed by atoms with E-state index in [1.54, 1.807) is 18.7 Å². The van der Waals surface area contributed by atoms with Crippen LogP contribution in [0.4, 0.5) is 5.69 Å². The van der Waals surface area contributed by atoms with E-state index in [0.717, 1.165) is 5.56 Å². The Morgan fingerprint density at radius 2 is 1.58 bits per heavy atom. The summed E-state index contributed by atoms with van der Waals surface area (Å²) in [6.07, 6.45) is 0. The van der Waals surface area contributed by atoms with Crippen molar-refractivity contribution in [1.29, 1.82) is 0 Å². The van der Waals surface area contributed by atoms with E-state index in [1.165, 1.54) is 21.5 Å². The second-order valence-electron chi connectivity index (χ2n) is 7.09. The van der Waals surface area contributed by atoms with Crippen LogP contribution >= 0.6 is 0 Å². The van der Waals surface area contributed by atoms with Gasteiger partial charge < -0.3 is 5.32 Å². The number of para-hydroxylation sites is 1. The van der Waals surface area contributed by atoms with Crippen LogP contribution in [-0.4, -0.2) is 25.1 Å². The van der Waals surface area contributed by atoms with Crippen molar-refractivity contribution in [2.45, 2.75) is 13.5 Å². The van der Waals surface area contributed by atoms with Gasteiger partial charge in [0.25, 0.3) is 17.0 Å². The predicted molar refractivity (Wildman–Crippen MR) is 118 cm³/mol. The minimum absolute atomic E-state index is 0.0458. The monoisotopic (exact) mass is 415 g/mol. The molecular weight excluding hydrogens is 394 g/mol. The van der Waals surface area contributed by atoms with Crippen molar-refractivity contribution in [3.8, 4) is 5.69 Å². The van der Waals surface area contributed by atoms with Crippen molar-refractivity contribution < 1.29 is 4.79 Å². The summed E-state index contributed by atoms with van der Waals surface area (Å²) in [5, 5.41) is 6.85. The van der Waals surface area contributed by atoms with Crippen molar-refractivity contribution in [3.05, 3.63) is 110 Å². The Balaban J connectivity index is 1.64. The van der Waals surface area contributed by atoms with Crippen LogP contribution in [0.1, 0.15) is 21.7 Å². The van der Waals surface area contributed by atoms with Gasteiger partial charge in [-0.3, -0.25) is 19.1 Å². The van der Waals surface area contributed by atoms with Gasteiger partial charge >= 0.3 is 0 Å². The second-order valence-corrected chi connectivity index (χ2v) is 7.09. The van der Waals surface area contributed by atoms with Crippen molar-refractivity contribution in [3.63, 3.8) is 0 Å². The number of rotatable bonds is 5. The highest BCUT2D eigenvalue weighted by Gasteiger charge is 2.19. The molecule has 0 fully saturated rings. The second kappa shape index (κ2) is 8.27. The van der Waals surface area contributed by atoms with Crippen LogP contribution in [0.25, 0.3) is 5.69 Å². The highest BCUT2D eigenvalue weighted by Crippen LogP contribution is 2.14.